The van der Waals surface area contributed by atoms with Gasteiger partial charge in [-0.3, -0.25) is 9.59 Å². The van der Waals surface area contributed by atoms with Crippen LogP contribution in [0.15, 0.2) is 57.5 Å². The van der Waals surface area contributed by atoms with Crippen LogP contribution in [0.5, 0.6) is 0 Å². The molecule has 6 nitrogen and oxygen atoms in total. The van der Waals surface area contributed by atoms with Crippen molar-refractivity contribution in [3.05, 3.63) is 69.3 Å². The van der Waals surface area contributed by atoms with Gasteiger partial charge in [-0.1, -0.05) is 44.8 Å². The molecule has 8 heteroatoms. The Balaban J connectivity index is 1.66. The third kappa shape index (κ3) is 4.61. The summed E-state index contributed by atoms with van der Waals surface area (Å²) < 4.78 is 6.17. The lowest BCUT2D eigenvalue weighted by Gasteiger charge is -2.16. The third-order valence-electron chi connectivity index (χ3n) is 4.06. The predicted molar refractivity (Wildman–Crippen MR) is 111 cm³/mol. The van der Waals surface area contributed by atoms with Gasteiger partial charge < -0.3 is 14.7 Å². The highest BCUT2D eigenvalue weighted by Crippen LogP contribution is 2.28. The fourth-order valence-electron chi connectivity index (χ4n) is 2.60. The Labute approximate surface area is 175 Å². The van der Waals surface area contributed by atoms with Crippen LogP contribution < -0.4 is 5.32 Å². The van der Waals surface area contributed by atoms with Crippen LogP contribution in [0.3, 0.4) is 0 Å². The van der Waals surface area contributed by atoms with Gasteiger partial charge >= 0.3 is 0 Å². The van der Waals surface area contributed by atoms with E-state index in [1.165, 1.54) is 18.0 Å². The van der Waals surface area contributed by atoms with Crippen molar-refractivity contribution in [1.82, 2.24) is 10.1 Å². The van der Waals surface area contributed by atoms with Gasteiger partial charge in [-0.25, -0.2) is 0 Å². The number of likely N-dealkylation sites (N-methyl/N-ethyl adjacent to an activating group) is 1. The van der Waals surface area contributed by atoms with E-state index in [1.54, 1.807) is 24.3 Å². The molecule has 0 saturated carbocycles. The number of aromatic nitrogens is 1. The van der Waals surface area contributed by atoms with Gasteiger partial charge in [-0.05, 0) is 42.8 Å². The first-order valence-corrected chi connectivity index (χ1v) is 9.55. The molecule has 2 aromatic carbocycles. The lowest BCUT2D eigenvalue weighted by Crippen LogP contribution is -2.35. The quantitative estimate of drug-likeness (QED) is 0.592. The lowest BCUT2D eigenvalue weighted by molar-refractivity contribution is -0.116. The zero-order valence-electron chi connectivity index (χ0n) is 15.2. The molecule has 0 aliphatic carbocycles. The molecule has 0 bridgehead atoms. The van der Waals surface area contributed by atoms with Crippen molar-refractivity contribution in [3.8, 4) is 11.3 Å². The van der Waals surface area contributed by atoms with Crippen molar-refractivity contribution in [1.29, 1.82) is 0 Å². The molecule has 1 heterocycles. The fraction of sp³-hybridized carbons (Fsp3) is 0.150. The molecule has 0 spiro atoms. The van der Waals surface area contributed by atoms with E-state index in [4.69, 9.17) is 16.1 Å². The molecule has 144 valence electrons. The molecule has 0 fully saturated rings. The molecule has 1 aromatic heterocycles. The van der Waals surface area contributed by atoms with Crippen LogP contribution in [0.25, 0.3) is 11.3 Å². The lowest BCUT2D eigenvalue weighted by atomic mass is 10.1. The van der Waals surface area contributed by atoms with E-state index < -0.39 is 5.91 Å². The average molecular weight is 463 g/mol. The molecule has 3 rings (SSSR count). The number of benzene rings is 2. The molecule has 0 saturated heterocycles. The number of nitrogens with zero attached hydrogens (tertiary/aromatic N) is 2. The Morgan fingerprint density at radius 1 is 1.21 bits per heavy atom. The molecular formula is C20H17BrClN3O3. The molecule has 2 amide bonds. The second kappa shape index (κ2) is 8.58. The van der Waals surface area contributed by atoms with Crippen LogP contribution >= 0.6 is 27.5 Å². The van der Waals surface area contributed by atoms with Gasteiger partial charge in [-0.2, -0.15) is 0 Å². The standard InChI is InChI=1S/C20H17BrClN3O3/c1-12-9-13(21)7-8-16(12)23-19(26)11-25(2)20(27)17-10-18(28-24-17)14-5-3-4-6-15(14)22/h3-10H,11H2,1-2H3,(H,23,26). The average Bonchev–Trinajstić information content (AvgIpc) is 3.13. The zero-order chi connectivity index (χ0) is 20.3. The van der Waals surface area contributed by atoms with Gasteiger partial charge in [0.05, 0.1) is 11.6 Å². The molecule has 3 aromatic rings. The number of rotatable bonds is 5. The Morgan fingerprint density at radius 2 is 1.96 bits per heavy atom. The van der Waals surface area contributed by atoms with Crippen molar-refractivity contribution < 1.29 is 14.1 Å². The van der Waals surface area contributed by atoms with Crippen molar-refractivity contribution >= 4 is 45.0 Å². The van der Waals surface area contributed by atoms with Gasteiger partial charge in [0, 0.05) is 28.8 Å². The number of carbonyl (C=O) groups is 2. The van der Waals surface area contributed by atoms with Crippen LogP contribution in [-0.2, 0) is 4.79 Å². The van der Waals surface area contributed by atoms with Gasteiger partial charge in [0.15, 0.2) is 11.5 Å². The molecular weight excluding hydrogens is 446 g/mol. The SMILES string of the molecule is Cc1cc(Br)ccc1NC(=O)CN(C)C(=O)c1cc(-c2ccccc2Cl)on1. The summed E-state index contributed by atoms with van der Waals surface area (Å²) in [5, 5.41) is 7.10. The van der Waals surface area contributed by atoms with Crippen LogP contribution in [0, 0.1) is 6.92 Å². The number of hydrogen-bond donors (Lipinski definition) is 1. The molecule has 0 aliphatic rings. The highest BCUT2D eigenvalue weighted by atomic mass is 79.9. The minimum Gasteiger partial charge on any atom is -0.355 e. The monoisotopic (exact) mass is 461 g/mol. The smallest absolute Gasteiger partial charge is 0.276 e. The number of amides is 2. The maximum Gasteiger partial charge on any atom is 0.276 e. The van der Waals surface area contributed by atoms with Gasteiger partial charge in [0.25, 0.3) is 5.91 Å². The summed E-state index contributed by atoms with van der Waals surface area (Å²) in [6, 6.07) is 14.2. The largest absolute Gasteiger partial charge is 0.355 e. The van der Waals surface area contributed by atoms with Crippen LogP contribution in [0.1, 0.15) is 16.1 Å². The van der Waals surface area contributed by atoms with E-state index in [9.17, 15) is 9.59 Å². The summed E-state index contributed by atoms with van der Waals surface area (Å²) in [5.74, 6) is -0.349. The number of hydrogen-bond acceptors (Lipinski definition) is 4. The summed E-state index contributed by atoms with van der Waals surface area (Å²) in [7, 11) is 1.53. The van der Waals surface area contributed by atoms with Crippen molar-refractivity contribution in [2.45, 2.75) is 6.92 Å². The second-order valence-corrected chi connectivity index (χ2v) is 7.55. The zero-order valence-corrected chi connectivity index (χ0v) is 17.5. The molecule has 0 aliphatic heterocycles. The third-order valence-corrected chi connectivity index (χ3v) is 4.88. The van der Waals surface area contributed by atoms with Crippen molar-refractivity contribution in [2.24, 2.45) is 0 Å². The van der Waals surface area contributed by atoms with Gasteiger partial charge in [0.2, 0.25) is 5.91 Å². The van der Waals surface area contributed by atoms with Crippen molar-refractivity contribution in [3.63, 3.8) is 0 Å². The Bertz CT molecular complexity index is 1040. The second-order valence-electron chi connectivity index (χ2n) is 6.22. The molecule has 28 heavy (non-hydrogen) atoms. The highest BCUT2D eigenvalue weighted by molar-refractivity contribution is 9.10. The van der Waals surface area contributed by atoms with Crippen LogP contribution in [-0.4, -0.2) is 35.5 Å². The maximum atomic E-state index is 12.6. The predicted octanol–water partition coefficient (Wildman–Crippen LogP) is 4.78. The topological polar surface area (TPSA) is 75.4 Å². The summed E-state index contributed by atoms with van der Waals surface area (Å²) in [4.78, 5) is 26.1. The van der Waals surface area contributed by atoms with Crippen LogP contribution in [0.4, 0.5) is 5.69 Å². The highest BCUT2D eigenvalue weighted by Gasteiger charge is 2.20. The van der Waals surface area contributed by atoms with Gasteiger partial charge in [-0.15, -0.1) is 0 Å². The van der Waals surface area contributed by atoms with E-state index in [-0.39, 0.29) is 18.1 Å². The summed E-state index contributed by atoms with van der Waals surface area (Å²) in [6.45, 7) is 1.77. The van der Waals surface area contributed by atoms with Crippen LogP contribution in [0.2, 0.25) is 5.02 Å². The number of nitrogens with one attached hydrogen (secondary N) is 1. The minimum atomic E-state index is -0.426. The Morgan fingerprint density at radius 3 is 2.68 bits per heavy atom. The first-order chi connectivity index (χ1) is 13.3. The molecule has 0 unspecified atom stereocenters. The van der Waals surface area contributed by atoms with Crippen molar-refractivity contribution in [2.75, 3.05) is 18.9 Å². The molecule has 0 radical (unpaired) electrons. The maximum absolute atomic E-state index is 12.6. The fourth-order valence-corrected chi connectivity index (χ4v) is 3.31. The Hall–Kier alpha value is -2.64. The van der Waals surface area contributed by atoms with E-state index in [2.05, 4.69) is 26.4 Å². The number of anilines is 1. The minimum absolute atomic E-state index is 0.102. The molecule has 0 atom stereocenters. The first-order valence-electron chi connectivity index (χ1n) is 8.38. The summed E-state index contributed by atoms with van der Waals surface area (Å²) in [5.41, 5.74) is 2.35. The summed E-state index contributed by atoms with van der Waals surface area (Å²) in [6.07, 6.45) is 0. The molecule has 1 N–H and O–H groups in total. The summed E-state index contributed by atoms with van der Waals surface area (Å²) >= 11 is 9.52. The van der Waals surface area contributed by atoms with E-state index in [0.717, 1.165) is 10.0 Å². The number of carbonyl (C=O) groups excluding carboxylic acids is 2. The van der Waals surface area contributed by atoms with E-state index >= 15 is 0 Å². The van der Waals surface area contributed by atoms with E-state index in [1.807, 2.05) is 25.1 Å². The first kappa shape index (κ1) is 20.1. The Kier molecular flexibility index (Phi) is 6.16. The normalized spacial score (nSPS) is 10.6. The number of halogens is 2. The van der Waals surface area contributed by atoms with Gasteiger partial charge in [0.1, 0.15) is 0 Å². The number of aryl methyl sites for hydroxylation is 1. The van der Waals surface area contributed by atoms with E-state index in [0.29, 0.717) is 22.0 Å².